The summed E-state index contributed by atoms with van der Waals surface area (Å²) >= 11 is 1.81. The third-order valence-corrected chi connectivity index (χ3v) is 4.37. The zero-order valence-corrected chi connectivity index (χ0v) is 13.2. The fourth-order valence-corrected chi connectivity index (χ4v) is 3.19. The third-order valence-electron chi connectivity index (χ3n) is 3.41. The fourth-order valence-electron chi connectivity index (χ4n) is 2.33. The number of benzene rings is 1. The van der Waals surface area contributed by atoms with E-state index in [2.05, 4.69) is 54.9 Å². The van der Waals surface area contributed by atoms with Crippen molar-refractivity contribution in [3.05, 3.63) is 52.0 Å². The van der Waals surface area contributed by atoms with Crippen molar-refractivity contribution >= 4 is 11.3 Å². The summed E-state index contributed by atoms with van der Waals surface area (Å²) in [5.41, 5.74) is 2.56. The van der Waals surface area contributed by atoms with Crippen molar-refractivity contribution in [2.45, 2.75) is 45.6 Å². The number of likely N-dealkylation sites (N-methyl/N-ethyl adjacent to an activating group) is 1. The summed E-state index contributed by atoms with van der Waals surface area (Å²) in [6.07, 6.45) is 4.57. The lowest BCUT2D eigenvalue weighted by molar-refractivity contribution is 0.544. The normalized spacial score (nSPS) is 12.5. The minimum atomic E-state index is 0.363. The standard InChI is InChI=1S/C17H24N2S/c1-3-5-11-17-19-15(13-20-17)12-16(18-4-2)14-9-7-6-8-10-14/h6-10,13,16,18H,3-5,11-12H2,1-2H3. The van der Waals surface area contributed by atoms with Gasteiger partial charge in [-0.1, -0.05) is 50.6 Å². The lowest BCUT2D eigenvalue weighted by Crippen LogP contribution is -2.23. The van der Waals surface area contributed by atoms with Crippen LogP contribution in [0.4, 0.5) is 0 Å². The Morgan fingerprint density at radius 1 is 1.20 bits per heavy atom. The second kappa shape index (κ2) is 8.18. The Balaban J connectivity index is 2.02. The van der Waals surface area contributed by atoms with E-state index in [1.165, 1.54) is 29.1 Å². The van der Waals surface area contributed by atoms with Crippen molar-refractivity contribution in [2.75, 3.05) is 6.54 Å². The SMILES string of the molecule is CCCCc1nc(CC(NCC)c2ccccc2)cs1. The number of aromatic nitrogens is 1. The van der Waals surface area contributed by atoms with E-state index < -0.39 is 0 Å². The van der Waals surface area contributed by atoms with Gasteiger partial charge in [-0.2, -0.15) is 0 Å². The molecule has 108 valence electrons. The number of aryl methyl sites for hydroxylation is 1. The van der Waals surface area contributed by atoms with Crippen molar-refractivity contribution in [1.29, 1.82) is 0 Å². The number of hydrogen-bond donors (Lipinski definition) is 1. The summed E-state index contributed by atoms with van der Waals surface area (Å²) in [6.45, 7) is 5.36. The first kappa shape index (κ1) is 15.2. The molecule has 0 spiro atoms. The topological polar surface area (TPSA) is 24.9 Å². The van der Waals surface area contributed by atoms with E-state index >= 15 is 0 Å². The molecule has 2 rings (SSSR count). The smallest absolute Gasteiger partial charge is 0.0928 e. The molecule has 1 N–H and O–H groups in total. The van der Waals surface area contributed by atoms with Crippen molar-refractivity contribution in [2.24, 2.45) is 0 Å². The predicted octanol–water partition coefficient (Wildman–Crippen LogP) is 4.38. The third kappa shape index (κ3) is 4.43. The summed E-state index contributed by atoms with van der Waals surface area (Å²) < 4.78 is 0. The van der Waals surface area contributed by atoms with Gasteiger partial charge in [0.1, 0.15) is 0 Å². The van der Waals surface area contributed by atoms with Crippen LogP contribution >= 0.6 is 11.3 Å². The van der Waals surface area contributed by atoms with Crippen LogP contribution in [0, 0.1) is 0 Å². The monoisotopic (exact) mass is 288 g/mol. The zero-order valence-electron chi connectivity index (χ0n) is 12.4. The van der Waals surface area contributed by atoms with Crippen LogP contribution in [-0.2, 0) is 12.8 Å². The molecular weight excluding hydrogens is 264 g/mol. The molecule has 2 aromatic rings. The summed E-state index contributed by atoms with van der Waals surface area (Å²) in [5, 5.41) is 7.07. The molecule has 1 aromatic heterocycles. The Labute approximate surface area is 126 Å². The van der Waals surface area contributed by atoms with Gasteiger partial charge in [-0.25, -0.2) is 4.98 Å². The lowest BCUT2D eigenvalue weighted by Gasteiger charge is -2.17. The van der Waals surface area contributed by atoms with Crippen molar-refractivity contribution in [1.82, 2.24) is 10.3 Å². The second-order valence-electron chi connectivity index (χ2n) is 5.06. The van der Waals surface area contributed by atoms with E-state index in [4.69, 9.17) is 4.98 Å². The van der Waals surface area contributed by atoms with Crippen LogP contribution in [-0.4, -0.2) is 11.5 Å². The molecule has 0 saturated heterocycles. The average molecular weight is 288 g/mol. The number of nitrogens with zero attached hydrogens (tertiary/aromatic N) is 1. The average Bonchev–Trinajstić information content (AvgIpc) is 2.93. The first-order chi connectivity index (χ1) is 9.83. The van der Waals surface area contributed by atoms with Gasteiger partial charge in [-0.15, -0.1) is 11.3 Å². The van der Waals surface area contributed by atoms with Gasteiger partial charge in [0.25, 0.3) is 0 Å². The molecule has 1 aromatic carbocycles. The fraction of sp³-hybridized carbons (Fsp3) is 0.471. The summed E-state index contributed by atoms with van der Waals surface area (Å²) in [5.74, 6) is 0. The summed E-state index contributed by atoms with van der Waals surface area (Å²) in [7, 11) is 0. The molecule has 3 heteroatoms. The highest BCUT2D eigenvalue weighted by molar-refractivity contribution is 7.09. The zero-order chi connectivity index (χ0) is 14.2. The van der Waals surface area contributed by atoms with Gasteiger partial charge >= 0.3 is 0 Å². The highest BCUT2D eigenvalue weighted by Gasteiger charge is 2.12. The first-order valence-electron chi connectivity index (χ1n) is 7.55. The second-order valence-corrected chi connectivity index (χ2v) is 6.00. The van der Waals surface area contributed by atoms with Gasteiger partial charge < -0.3 is 5.32 Å². The number of nitrogens with one attached hydrogen (secondary N) is 1. The van der Waals surface area contributed by atoms with Crippen LogP contribution in [0.15, 0.2) is 35.7 Å². The highest BCUT2D eigenvalue weighted by Crippen LogP contribution is 2.20. The Morgan fingerprint density at radius 2 is 2.00 bits per heavy atom. The highest BCUT2D eigenvalue weighted by atomic mass is 32.1. The summed E-state index contributed by atoms with van der Waals surface area (Å²) in [6, 6.07) is 11.0. The molecule has 0 saturated carbocycles. The van der Waals surface area contributed by atoms with E-state index in [9.17, 15) is 0 Å². The van der Waals surface area contributed by atoms with Gasteiger partial charge in [0.15, 0.2) is 0 Å². The maximum absolute atomic E-state index is 4.77. The molecule has 1 atom stereocenters. The van der Waals surface area contributed by atoms with Crippen LogP contribution in [0.5, 0.6) is 0 Å². The van der Waals surface area contributed by atoms with Gasteiger partial charge in [-0.3, -0.25) is 0 Å². The van der Waals surface area contributed by atoms with Crippen LogP contribution in [0.2, 0.25) is 0 Å². The van der Waals surface area contributed by atoms with Gasteiger partial charge in [0.2, 0.25) is 0 Å². The van der Waals surface area contributed by atoms with Crippen molar-refractivity contribution in [3.8, 4) is 0 Å². The quantitative estimate of drug-likeness (QED) is 0.779. The van der Waals surface area contributed by atoms with Crippen LogP contribution < -0.4 is 5.32 Å². The molecule has 1 heterocycles. The Hall–Kier alpha value is -1.19. The maximum atomic E-state index is 4.77. The molecule has 0 aliphatic rings. The molecule has 0 bridgehead atoms. The largest absolute Gasteiger partial charge is 0.310 e. The lowest BCUT2D eigenvalue weighted by atomic mass is 10.0. The summed E-state index contributed by atoms with van der Waals surface area (Å²) in [4.78, 5) is 4.77. The van der Waals surface area contributed by atoms with E-state index in [-0.39, 0.29) is 0 Å². The van der Waals surface area contributed by atoms with E-state index in [0.717, 1.165) is 19.4 Å². The molecule has 0 aliphatic carbocycles. The molecule has 1 unspecified atom stereocenters. The molecular formula is C17H24N2S. The van der Waals surface area contributed by atoms with Gasteiger partial charge in [0.05, 0.1) is 10.7 Å². The number of rotatable bonds is 8. The Morgan fingerprint density at radius 3 is 2.70 bits per heavy atom. The van der Waals surface area contributed by atoms with Crippen molar-refractivity contribution < 1.29 is 0 Å². The van der Waals surface area contributed by atoms with E-state index in [1.54, 1.807) is 11.3 Å². The molecule has 0 radical (unpaired) electrons. The Kier molecular flexibility index (Phi) is 6.22. The molecule has 20 heavy (non-hydrogen) atoms. The van der Waals surface area contributed by atoms with Crippen LogP contribution in [0.1, 0.15) is 49.0 Å². The first-order valence-corrected chi connectivity index (χ1v) is 8.43. The Bertz CT molecular complexity index is 493. The minimum Gasteiger partial charge on any atom is -0.310 e. The molecule has 0 fully saturated rings. The number of hydrogen-bond acceptors (Lipinski definition) is 3. The van der Waals surface area contributed by atoms with Crippen molar-refractivity contribution in [3.63, 3.8) is 0 Å². The molecule has 0 aliphatic heterocycles. The predicted molar refractivity (Wildman–Crippen MR) is 87.3 cm³/mol. The molecule has 2 nitrogen and oxygen atoms in total. The molecule has 0 amide bonds. The number of unbranched alkanes of at least 4 members (excludes halogenated alkanes) is 1. The van der Waals surface area contributed by atoms with Gasteiger partial charge in [-0.05, 0) is 24.9 Å². The minimum absolute atomic E-state index is 0.363. The number of thiazole rings is 1. The van der Waals surface area contributed by atoms with Gasteiger partial charge in [0, 0.05) is 17.8 Å². The van der Waals surface area contributed by atoms with Crippen LogP contribution in [0.25, 0.3) is 0 Å². The van der Waals surface area contributed by atoms with E-state index in [0.29, 0.717) is 6.04 Å². The van der Waals surface area contributed by atoms with E-state index in [1.807, 2.05) is 0 Å². The van der Waals surface area contributed by atoms with Crippen LogP contribution in [0.3, 0.4) is 0 Å². The maximum Gasteiger partial charge on any atom is 0.0928 e.